The van der Waals surface area contributed by atoms with Gasteiger partial charge in [0.1, 0.15) is 5.75 Å². The van der Waals surface area contributed by atoms with Crippen LogP contribution in [0.25, 0.3) is 0 Å². The maximum absolute atomic E-state index is 11.8. The minimum atomic E-state index is -0.301. The number of hydrogen-bond donors (Lipinski definition) is 0. The van der Waals surface area contributed by atoms with Crippen LogP contribution in [0.1, 0.15) is 38.1 Å². The highest BCUT2D eigenvalue weighted by Gasteiger charge is 2.11. The molecule has 1 aromatic rings. The lowest BCUT2D eigenvalue weighted by molar-refractivity contribution is 0.0459. The second-order valence-corrected chi connectivity index (χ2v) is 6.20. The number of benzene rings is 1. The van der Waals surface area contributed by atoms with Gasteiger partial charge >= 0.3 is 5.97 Å². The molecule has 0 spiro atoms. The summed E-state index contributed by atoms with van der Waals surface area (Å²) in [6.45, 7) is 9.27. The molecule has 19 heavy (non-hydrogen) atoms. The quantitative estimate of drug-likeness (QED) is 0.730. The zero-order valence-corrected chi connectivity index (χ0v) is 13.5. The van der Waals surface area contributed by atoms with Gasteiger partial charge in [-0.15, -0.1) is 0 Å². The fourth-order valence-electron chi connectivity index (χ4n) is 1.33. The Balaban J connectivity index is 2.67. The minimum Gasteiger partial charge on any atom is -0.492 e. The Bertz CT molecular complexity index is 427. The third kappa shape index (κ3) is 5.64. The van der Waals surface area contributed by atoms with Crippen molar-refractivity contribution in [3.05, 3.63) is 28.2 Å². The van der Waals surface area contributed by atoms with E-state index in [9.17, 15) is 4.79 Å². The van der Waals surface area contributed by atoms with Gasteiger partial charge in [-0.25, -0.2) is 4.79 Å². The van der Waals surface area contributed by atoms with Crippen LogP contribution >= 0.6 is 15.9 Å². The van der Waals surface area contributed by atoms with E-state index in [4.69, 9.17) is 9.47 Å². The Hall–Kier alpha value is -1.03. The van der Waals surface area contributed by atoms with Crippen molar-refractivity contribution in [1.82, 2.24) is 0 Å². The molecule has 0 radical (unpaired) electrons. The molecular weight excluding hydrogens is 308 g/mol. The molecule has 106 valence electrons. The fourth-order valence-corrected chi connectivity index (χ4v) is 1.82. The molecule has 0 amide bonds. The standard InChI is InChI=1S/C15H21BrO3/c1-10(2)8-18-14-6-5-12(7-13(14)16)15(17)19-9-11(3)4/h5-7,10-11H,8-9H2,1-4H3. The average molecular weight is 329 g/mol. The minimum absolute atomic E-state index is 0.301. The zero-order valence-electron chi connectivity index (χ0n) is 11.9. The third-order valence-corrected chi connectivity index (χ3v) is 2.91. The largest absolute Gasteiger partial charge is 0.492 e. The van der Waals surface area contributed by atoms with E-state index >= 15 is 0 Å². The summed E-state index contributed by atoms with van der Waals surface area (Å²) in [6, 6.07) is 5.25. The van der Waals surface area contributed by atoms with Crippen molar-refractivity contribution in [2.75, 3.05) is 13.2 Å². The first-order chi connectivity index (χ1) is 8.90. The Morgan fingerprint density at radius 2 is 1.79 bits per heavy atom. The van der Waals surface area contributed by atoms with Gasteiger partial charge in [-0.3, -0.25) is 0 Å². The van der Waals surface area contributed by atoms with Gasteiger partial charge in [-0.1, -0.05) is 27.7 Å². The molecule has 0 fully saturated rings. The smallest absolute Gasteiger partial charge is 0.338 e. The average Bonchev–Trinajstić information content (AvgIpc) is 2.34. The van der Waals surface area contributed by atoms with Crippen molar-refractivity contribution in [3.8, 4) is 5.75 Å². The van der Waals surface area contributed by atoms with E-state index in [0.29, 0.717) is 30.6 Å². The summed E-state index contributed by atoms with van der Waals surface area (Å²) in [4.78, 5) is 11.8. The van der Waals surface area contributed by atoms with Gasteiger partial charge in [-0.05, 0) is 46.0 Å². The molecule has 0 saturated carbocycles. The molecule has 0 N–H and O–H groups in total. The molecule has 3 nitrogen and oxygen atoms in total. The summed E-state index contributed by atoms with van der Waals surface area (Å²) in [5.41, 5.74) is 0.532. The maximum Gasteiger partial charge on any atom is 0.338 e. The van der Waals surface area contributed by atoms with Gasteiger partial charge in [0.05, 0.1) is 23.2 Å². The molecule has 0 aliphatic rings. The van der Waals surface area contributed by atoms with Crippen LogP contribution in [0.15, 0.2) is 22.7 Å². The van der Waals surface area contributed by atoms with E-state index in [1.165, 1.54) is 0 Å². The van der Waals surface area contributed by atoms with Gasteiger partial charge in [-0.2, -0.15) is 0 Å². The highest BCUT2D eigenvalue weighted by molar-refractivity contribution is 9.10. The summed E-state index contributed by atoms with van der Waals surface area (Å²) in [5.74, 6) is 1.24. The highest BCUT2D eigenvalue weighted by atomic mass is 79.9. The second-order valence-electron chi connectivity index (χ2n) is 5.34. The van der Waals surface area contributed by atoms with Crippen LogP contribution in [0, 0.1) is 11.8 Å². The van der Waals surface area contributed by atoms with Crippen LogP contribution in [0.5, 0.6) is 5.75 Å². The number of ether oxygens (including phenoxy) is 2. The van der Waals surface area contributed by atoms with E-state index < -0.39 is 0 Å². The lowest BCUT2D eigenvalue weighted by Gasteiger charge is -2.12. The number of hydrogen-bond acceptors (Lipinski definition) is 3. The van der Waals surface area contributed by atoms with Crippen LogP contribution in [-0.2, 0) is 4.74 Å². The monoisotopic (exact) mass is 328 g/mol. The Morgan fingerprint density at radius 1 is 1.16 bits per heavy atom. The first kappa shape index (κ1) is 16.0. The van der Waals surface area contributed by atoms with E-state index in [0.717, 1.165) is 10.2 Å². The molecule has 1 rings (SSSR count). The van der Waals surface area contributed by atoms with Crippen LogP contribution < -0.4 is 4.74 Å². The van der Waals surface area contributed by atoms with Crippen LogP contribution in [0.3, 0.4) is 0 Å². The van der Waals surface area contributed by atoms with E-state index in [1.54, 1.807) is 18.2 Å². The molecular formula is C15H21BrO3. The first-order valence-electron chi connectivity index (χ1n) is 6.49. The highest BCUT2D eigenvalue weighted by Crippen LogP contribution is 2.26. The Labute approximate surface area is 123 Å². The maximum atomic E-state index is 11.8. The molecule has 0 unspecified atom stereocenters. The number of esters is 1. The zero-order chi connectivity index (χ0) is 14.4. The fraction of sp³-hybridized carbons (Fsp3) is 0.533. The molecule has 0 heterocycles. The van der Waals surface area contributed by atoms with Gasteiger partial charge in [0.2, 0.25) is 0 Å². The van der Waals surface area contributed by atoms with Crippen molar-refractivity contribution >= 4 is 21.9 Å². The van der Waals surface area contributed by atoms with Crippen molar-refractivity contribution in [1.29, 1.82) is 0 Å². The van der Waals surface area contributed by atoms with E-state index in [1.807, 2.05) is 13.8 Å². The third-order valence-electron chi connectivity index (χ3n) is 2.29. The van der Waals surface area contributed by atoms with Crippen molar-refractivity contribution in [3.63, 3.8) is 0 Å². The van der Waals surface area contributed by atoms with Crippen LogP contribution in [0.4, 0.5) is 0 Å². The van der Waals surface area contributed by atoms with Crippen LogP contribution in [-0.4, -0.2) is 19.2 Å². The van der Waals surface area contributed by atoms with Crippen molar-refractivity contribution in [2.45, 2.75) is 27.7 Å². The Morgan fingerprint density at radius 3 is 2.32 bits per heavy atom. The first-order valence-corrected chi connectivity index (χ1v) is 7.29. The van der Waals surface area contributed by atoms with Crippen molar-refractivity contribution < 1.29 is 14.3 Å². The molecule has 4 heteroatoms. The predicted molar refractivity (Wildman–Crippen MR) is 79.6 cm³/mol. The number of halogens is 1. The SMILES string of the molecule is CC(C)COC(=O)c1ccc(OCC(C)C)c(Br)c1. The summed E-state index contributed by atoms with van der Waals surface area (Å²) < 4.78 is 11.6. The molecule has 0 saturated heterocycles. The van der Waals surface area contributed by atoms with Crippen molar-refractivity contribution in [2.24, 2.45) is 11.8 Å². The van der Waals surface area contributed by atoms with Gasteiger partial charge in [0.15, 0.2) is 0 Å². The molecule has 0 bridgehead atoms. The molecule has 0 aromatic heterocycles. The van der Waals surface area contributed by atoms with Gasteiger partial charge < -0.3 is 9.47 Å². The van der Waals surface area contributed by atoms with Crippen LogP contribution in [0.2, 0.25) is 0 Å². The van der Waals surface area contributed by atoms with Gasteiger partial charge in [0.25, 0.3) is 0 Å². The van der Waals surface area contributed by atoms with E-state index in [-0.39, 0.29) is 5.97 Å². The summed E-state index contributed by atoms with van der Waals surface area (Å²) >= 11 is 3.41. The molecule has 0 aliphatic carbocycles. The predicted octanol–water partition coefficient (Wildman–Crippen LogP) is 4.30. The number of rotatable bonds is 6. The lowest BCUT2D eigenvalue weighted by Crippen LogP contribution is -2.10. The van der Waals surface area contributed by atoms with E-state index in [2.05, 4.69) is 29.8 Å². The normalized spacial score (nSPS) is 10.9. The molecule has 0 atom stereocenters. The molecule has 1 aromatic carbocycles. The molecule has 0 aliphatic heterocycles. The second kappa shape index (κ2) is 7.53. The lowest BCUT2D eigenvalue weighted by atomic mass is 10.2. The summed E-state index contributed by atoms with van der Waals surface area (Å²) in [7, 11) is 0. The number of carbonyl (C=O) groups is 1. The summed E-state index contributed by atoms with van der Waals surface area (Å²) in [5, 5.41) is 0. The van der Waals surface area contributed by atoms with Gasteiger partial charge in [0, 0.05) is 0 Å². The Kier molecular flexibility index (Phi) is 6.35. The number of carbonyl (C=O) groups excluding carboxylic acids is 1. The summed E-state index contributed by atoms with van der Waals surface area (Å²) in [6.07, 6.45) is 0. The topological polar surface area (TPSA) is 35.5 Å².